The molecule has 0 saturated carbocycles. The summed E-state index contributed by atoms with van der Waals surface area (Å²) in [7, 11) is 0. The first-order valence-corrected chi connectivity index (χ1v) is 9.59. The molecule has 2 aliphatic heterocycles. The first-order valence-electron chi connectivity index (χ1n) is 9.21. The van der Waals surface area contributed by atoms with Crippen molar-refractivity contribution >= 4 is 51.0 Å². The van der Waals surface area contributed by atoms with Gasteiger partial charge < -0.3 is 19.8 Å². The first-order chi connectivity index (χ1) is 13.6. The number of amides is 1. The standard InChI is InChI=1S/C20H18ClN3O4/c21-11-7-13-12-1-4-22-10-16(12)23-18(13)15(8-11)24-19(26)14-9-17(25)28-20(14)2-5-27-6-3-20/h1,4,7-8,10,14,23H,2-3,5-6,9H2,(H,24,26). The Morgan fingerprint density at radius 3 is 2.93 bits per heavy atom. The lowest BCUT2D eigenvalue weighted by atomic mass is 9.80. The van der Waals surface area contributed by atoms with Crippen molar-refractivity contribution in [3.63, 3.8) is 0 Å². The second kappa shape index (κ2) is 6.46. The van der Waals surface area contributed by atoms with E-state index in [1.165, 1.54) is 0 Å². The number of hydrogen-bond donors (Lipinski definition) is 2. The topological polar surface area (TPSA) is 93.3 Å². The summed E-state index contributed by atoms with van der Waals surface area (Å²) in [6.07, 6.45) is 4.58. The van der Waals surface area contributed by atoms with Gasteiger partial charge in [0.2, 0.25) is 5.91 Å². The molecule has 0 aliphatic carbocycles. The number of nitrogens with one attached hydrogen (secondary N) is 2. The zero-order valence-electron chi connectivity index (χ0n) is 15.0. The molecule has 2 saturated heterocycles. The number of esters is 1. The van der Waals surface area contributed by atoms with Gasteiger partial charge in [0.25, 0.3) is 0 Å². The van der Waals surface area contributed by atoms with Gasteiger partial charge in [-0.2, -0.15) is 0 Å². The molecule has 4 heterocycles. The molecule has 0 bridgehead atoms. The normalized spacial score (nSPS) is 21.3. The molecular formula is C20H18ClN3O4. The lowest BCUT2D eigenvalue weighted by Crippen LogP contribution is -2.46. The van der Waals surface area contributed by atoms with E-state index < -0.39 is 11.5 Å². The fourth-order valence-electron chi connectivity index (χ4n) is 4.33. The van der Waals surface area contributed by atoms with Crippen LogP contribution in [0.3, 0.4) is 0 Å². The van der Waals surface area contributed by atoms with E-state index in [0.717, 1.165) is 21.8 Å². The number of H-pyrrole nitrogens is 1. The largest absolute Gasteiger partial charge is 0.458 e. The molecule has 1 aromatic carbocycles. The number of pyridine rings is 1. The van der Waals surface area contributed by atoms with Gasteiger partial charge in [-0.15, -0.1) is 0 Å². The maximum Gasteiger partial charge on any atom is 0.307 e. The van der Waals surface area contributed by atoms with E-state index in [4.69, 9.17) is 21.1 Å². The van der Waals surface area contributed by atoms with Crippen LogP contribution in [0.1, 0.15) is 19.3 Å². The maximum atomic E-state index is 13.2. The molecule has 2 aliphatic rings. The second-order valence-electron chi connectivity index (χ2n) is 7.32. The number of ether oxygens (including phenoxy) is 2. The quantitative estimate of drug-likeness (QED) is 0.644. The average Bonchev–Trinajstić information content (AvgIpc) is 3.20. The Morgan fingerprint density at radius 2 is 2.11 bits per heavy atom. The van der Waals surface area contributed by atoms with Gasteiger partial charge in [-0.1, -0.05) is 11.6 Å². The molecule has 1 unspecified atom stereocenters. The van der Waals surface area contributed by atoms with Crippen molar-refractivity contribution in [2.24, 2.45) is 5.92 Å². The Labute approximate surface area is 165 Å². The van der Waals surface area contributed by atoms with E-state index in [1.807, 2.05) is 12.1 Å². The summed E-state index contributed by atoms with van der Waals surface area (Å²) in [6.45, 7) is 0.959. The predicted molar refractivity (Wildman–Crippen MR) is 104 cm³/mol. The van der Waals surface area contributed by atoms with Crippen LogP contribution in [0.25, 0.3) is 21.8 Å². The van der Waals surface area contributed by atoms with E-state index in [-0.39, 0.29) is 18.3 Å². The summed E-state index contributed by atoms with van der Waals surface area (Å²) in [5.41, 5.74) is 1.43. The van der Waals surface area contributed by atoms with Crippen molar-refractivity contribution in [3.05, 3.63) is 35.6 Å². The molecule has 0 radical (unpaired) electrons. The molecule has 1 atom stereocenters. The van der Waals surface area contributed by atoms with Crippen LogP contribution in [0.5, 0.6) is 0 Å². The second-order valence-corrected chi connectivity index (χ2v) is 7.76. The smallest absolute Gasteiger partial charge is 0.307 e. The zero-order valence-corrected chi connectivity index (χ0v) is 15.7. The number of aromatic amines is 1. The number of aromatic nitrogens is 2. The number of fused-ring (bicyclic) bond motifs is 3. The summed E-state index contributed by atoms with van der Waals surface area (Å²) >= 11 is 6.31. The number of carbonyl (C=O) groups excluding carboxylic acids is 2. The summed E-state index contributed by atoms with van der Waals surface area (Å²) in [5, 5.41) is 5.36. The molecule has 3 aromatic rings. The highest BCUT2D eigenvalue weighted by Gasteiger charge is 2.53. The van der Waals surface area contributed by atoms with Gasteiger partial charge in [0.15, 0.2) is 0 Å². The molecular weight excluding hydrogens is 382 g/mol. The third-order valence-corrected chi connectivity index (χ3v) is 5.93. The van der Waals surface area contributed by atoms with Gasteiger partial charge in [-0.25, -0.2) is 0 Å². The number of hydrogen-bond acceptors (Lipinski definition) is 5. The van der Waals surface area contributed by atoms with Gasteiger partial charge >= 0.3 is 5.97 Å². The molecule has 144 valence electrons. The Morgan fingerprint density at radius 1 is 1.29 bits per heavy atom. The first kappa shape index (κ1) is 17.5. The van der Waals surface area contributed by atoms with Crippen LogP contribution in [0.4, 0.5) is 5.69 Å². The lowest BCUT2D eigenvalue weighted by molar-refractivity contribution is -0.159. The van der Waals surface area contributed by atoms with Gasteiger partial charge in [0.1, 0.15) is 5.60 Å². The number of halogens is 1. The van der Waals surface area contributed by atoms with Gasteiger partial charge in [-0.05, 0) is 18.2 Å². The maximum absolute atomic E-state index is 13.2. The van der Waals surface area contributed by atoms with Crippen LogP contribution in [0.15, 0.2) is 30.6 Å². The fourth-order valence-corrected chi connectivity index (χ4v) is 4.55. The molecule has 1 amide bonds. The van der Waals surface area contributed by atoms with E-state index in [1.54, 1.807) is 18.5 Å². The van der Waals surface area contributed by atoms with Crippen LogP contribution in [0.2, 0.25) is 5.02 Å². The Kier molecular flexibility index (Phi) is 4.03. The minimum absolute atomic E-state index is 0.0756. The third kappa shape index (κ3) is 2.73. The highest BCUT2D eigenvalue weighted by atomic mass is 35.5. The third-order valence-electron chi connectivity index (χ3n) is 5.71. The molecule has 2 fully saturated rings. The van der Waals surface area contributed by atoms with Crippen LogP contribution in [-0.4, -0.2) is 40.7 Å². The van der Waals surface area contributed by atoms with Crippen molar-refractivity contribution in [3.8, 4) is 0 Å². The van der Waals surface area contributed by atoms with Crippen LogP contribution >= 0.6 is 11.6 Å². The molecule has 1 spiro atoms. The van der Waals surface area contributed by atoms with Gasteiger partial charge in [0.05, 0.1) is 48.5 Å². The lowest BCUT2D eigenvalue weighted by Gasteiger charge is -2.35. The monoisotopic (exact) mass is 399 g/mol. The van der Waals surface area contributed by atoms with Crippen molar-refractivity contribution in [2.75, 3.05) is 18.5 Å². The van der Waals surface area contributed by atoms with Crippen molar-refractivity contribution in [1.82, 2.24) is 9.97 Å². The molecule has 28 heavy (non-hydrogen) atoms. The SMILES string of the molecule is O=C1CC(C(=O)Nc2cc(Cl)cc3c2[nH]c2cnccc23)C2(CCOCC2)O1. The number of nitrogens with zero attached hydrogens (tertiary/aromatic N) is 1. The number of rotatable bonds is 2. The van der Waals surface area contributed by atoms with Crippen LogP contribution < -0.4 is 5.32 Å². The minimum Gasteiger partial charge on any atom is -0.458 e. The van der Waals surface area contributed by atoms with E-state index >= 15 is 0 Å². The summed E-state index contributed by atoms with van der Waals surface area (Å²) < 4.78 is 11.0. The zero-order chi connectivity index (χ0) is 19.3. The highest BCUT2D eigenvalue weighted by molar-refractivity contribution is 6.33. The van der Waals surface area contributed by atoms with Gasteiger partial charge in [0, 0.05) is 34.8 Å². The van der Waals surface area contributed by atoms with E-state index in [2.05, 4.69) is 15.3 Å². The highest BCUT2D eigenvalue weighted by Crippen LogP contribution is 2.42. The Bertz CT molecular complexity index is 1100. The average molecular weight is 400 g/mol. The van der Waals surface area contributed by atoms with E-state index in [9.17, 15) is 9.59 Å². The van der Waals surface area contributed by atoms with Crippen molar-refractivity contribution in [1.29, 1.82) is 0 Å². The molecule has 2 aromatic heterocycles. The van der Waals surface area contributed by atoms with Gasteiger partial charge in [-0.3, -0.25) is 14.6 Å². The minimum atomic E-state index is -0.776. The predicted octanol–water partition coefficient (Wildman–Crippen LogP) is 3.42. The van der Waals surface area contributed by atoms with E-state index in [0.29, 0.717) is 36.8 Å². The Hall–Kier alpha value is -2.64. The Balaban J connectivity index is 1.52. The number of anilines is 1. The number of carbonyl (C=O) groups is 2. The molecule has 5 rings (SSSR count). The van der Waals surface area contributed by atoms with Crippen LogP contribution in [-0.2, 0) is 19.1 Å². The summed E-state index contributed by atoms with van der Waals surface area (Å²) in [5.74, 6) is -1.13. The fraction of sp³-hybridized carbons (Fsp3) is 0.350. The van der Waals surface area contributed by atoms with Crippen molar-refractivity contribution < 1.29 is 19.1 Å². The summed E-state index contributed by atoms with van der Waals surface area (Å²) in [4.78, 5) is 32.6. The van der Waals surface area contributed by atoms with Crippen molar-refractivity contribution in [2.45, 2.75) is 24.9 Å². The number of benzene rings is 1. The van der Waals surface area contributed by atoms with Crippen LogP contribution in [0, 0.1) is 5.92 Å². The molecule has 2 N–H and O–H groups in total. The molecule has 7 nitrogen and oxygen atoms in total. The summed E-state index contributed by atoms with van der Waals surface area (Å²) in [6, 6.07) is 5.46. The molecule has 8 heteroatoms.